The van der Waals surface area contributed by atoms with Crippen molar-refractivity contribution in [3.63, 3.8) is 0 Å². The predicted octanol–water partition coefficient (Wildman–Crippen LogP) is 3.04. The van der Waals surface area contributed by atoms with Crippen LogP contribution in [0.3, 0.4) is 0 Å². The summed E-state index contributed by atoms with van der Waals surface area (Å²) < 4.78 is 2.05. The number of rotatable bonds is 5. The van der Waals surface area contributed by atoms with Crippen molar-refractivity contribution < 1.29 is 0 Å². The zero-order chi connectivity index (χ0) is 17.5. The highest BCUT2D eigenvalue weighted by Gasteiger charge is 2.24. The molecule has 136 valence electrons. The highest BCUT2D eigenvalue weighted by molar-refractivity contribution is 5.96. The van der Waals surface area contributed by atoms with Crippen LogP contribution in [0.25, 0.3) is 16.6 Å². The highest BCUT2D eigenvalue weighted by atomic mass is 16.1. The Morgan fingerprint density at radius 2 is 1.81 bits per heavy atom. The van der Waals surface area contributed by atoms with Gasteiger partial charge in [0.05, 0.1) is 0 Å². The molecule has 26 heavy (non-hydrogen) atoms. The van der Waals surface area contributed by atoms with Gasteiger partial charge in [0.25, 0.3) is 5.56 Å². The molecule has 1 N–H and O–H groups in total. The van der Waals surface area contributed by atoms with E-state index < -0.39 is 0 Å². The summed E-state index contributed by atoms with van der Waals surface area (Å²) >= 11 is 0. The Kier molecular flexibility index (Phi) is 4.04. The van der Waals surface area contributed by atoms with Crippen LogP contribution in [0.4, 0.5) is 0 Å². The highest BCUT2D eigenvalue weighted by Crippen LogP contribution is 2.33. The Bertz CT molecular complexity index is 957. The van der Waals surface area contributed by atoms with E-state index in [1.807, 2.05) is 4.68 Å². The largest absolute Gasteiger partial charge is 0.307 e. The van der Waals surface area contributed by atoms with Crippen LogP contribution < -0.4 is 5.56 Å². The molecule has 0 bridgehead atoms. The molecule has 0 unspecified atom stereocenters. The maximum Gasteiger partial charge on any atom is 0.253 e. The summed E-state index contributed by atoms with van der Waals surface area (Å²) in [6.45, 7) is 4.44. The number of aromatic nitrogens is 3. The van der Waals surface area contributed by atoms with Gasteiger partial charge in [-0.15, -0.1) is 0 Å². The molecule has 2 aliphatic carbocycles. The minimum Gasteiger partial charge on any atom is -0.307 e. The number of hydrogen-bond donors (Lipinski definition) is 1. The van der Waals surface area contributed by atoms with Crippen molar-refractivity contribution in [2.24, 2.45) is 0 Å². The normalized spacial score (nSPS) is 19.6. The van der Waals surface area contributed by atoms with E-state index in [0.717, 1.165) is 55.7 Å². The Morgan fingerprint density at radius 3 is 2.54 bits per heavy atom. The molecule has 2 aromatic heterocycles. The lowest BCUT2D eigenvalue weighted by atomic mass is 9.89. The number of H-pyrrole nitrogens is 1. The van der Waals surface area contributed by atoms with Crippen molar-refractivity contribution in [2.45, 2.75) is 51.5 Å². The fourth-order valence-electron chi connectivity index (χ4n) is 4.65. The molecule has 1 saturated heterocycles. The molecule has 3 heterocycles. The molecule has 0 radical (unpaired) electrons. The van der Waals surface area contributed by atoms with Crippen molar-refractivity contribution in [2.75, 3.05) is 19.6 Å². The number of hydrogen-bond acceptors (Lipinski definition) is 3. The topological polar surface area (TPSA) is 53.9 Å². The minimum atomic E-state index is 0.0950. The lowest BCUT2D eigenvalue weighted by Crippen LogP contribution is -2.22. The molecule has 0 aromatic carbocycles. The van der Waals surface area contributed by atoms with E-state index in [0.29, 0.717) is 0 Å². The molecule has 5 nitrogen and oxygen atoms in total. The van der Waals surface area contributed by atoms with Crippen LogP contribution in [-0.4, -0.2) is 39.3 Å². The van der Waals surface area contributed by atoms with E-state index in [2.05, 4.69) is 28.1 Å². The van der Waals surface area contributed by atoms with Gasteiger partial charge in [-0.3, -0.25) is 4.79 Å². The summed E-state index contributed by atoms with van der Waals surface area (Å²) in [7, 11) is 0. The standard InChI is InChI=1S/C21H26N4O/c26-21-17-10-2-1-9-16(17)18-19(15-7-5-8-15)23-25(20(18)22-21)14-6-13-24-11-3-4-12-24/h5,7-8H,1-4,6,9-14H2,(H,22,26). The second-order valence-corrected chi connectivity index (χ2v) is 7.80. The van der Waals surface area contributed by atoms with Crippen LogP contribution in [0.5, 0.6) is 0 Å². The lowest BCUT2D eigenvalue weighted by Gasteiger charge is -2.17. The maximum absolute atomic E-state index is 12.6. The van der Waals surface area contributed by atoms with Gasteiger partial charge in [-0.1, -0.05) is 18.2 Å². The van der Waals surface area contributed by atoms with E-state index in [4.69, 9.17) is 5.10 Å². The number of likely N-dealkylation sites (tertiary alicyclic amines) is 1. The summed E-state index contributed by atoms with van der Waals surface area (Å²) in [5.41, 5.74) is 5.50. The molecule has 0 atom stereocenters. The first kappa shape index (κ1) is 16.1. The quantitative estimate of drug-likeness (QED) is 0.902. The van der Waals surface area contributed by atoms with Gasteiger partial charge >= 0.3 is 0 Å². The third kappa shape index (κ3) is 2.65. The van der Waals surface area contributed by atoms with E-state index in [1.54, 1.807) is 0 Å². The Balaban J connectivity index is 1.53. The van der Waals surface area contributed by atoms with Crippen LogP contribution >= 0.6 is 0 Å². The van der Waals surface area contributed by atoms with Crippen LogP contribution in [0.15, 0.2) is 23.0 Å². The first-order valence-electron chi connectivity index (χ1n) is 10.1. The lowest BCUT2D eigenvalue weighted by molar-refractivity contribution is 0.323. The van der Waals surface area contributed by atoms with Crippen molar-refractivity contribution >= 4 is 16.6 Å². The summed E-state index contributed by atoms with van der Waals surface area (Å²) in [6, 6.07) is 0. The fraction of sp³-hybridized carbons (Fsp3) is 0.524. The second kappa shape index (κ2) is 6.54. The van der Waals surface area contributed by atoms with Crippen LogP contribution in [0.2, 0.25) is 0 Å². The number of allylic oxidation sites excluding steroid dienone is 4. The molecule has 5 rings (SSSR count). The molecule has 0 saturated carbocycles. The molecular weight excluding hydrogens is 324 g/mol. The summed E-state index contributed by atoms with van der Waals surface area (Å²) in [6.07, 6.45) is 14.2. The molecule has 0 amide bonds. The van der Waals surface area contributed by atoms with Gasteiger partial charge in [-0.2, -0.15) is 5.10 Å². The predicted molar refractivity (Wildman–Crippen MR) is 104 cm³/mol. The number of fused-ring (bicyclic) bond motifs is 3. The van der Waals surface area contributed by atoms with Crippen molar-refractivity contribution in [3.8, 4) is 0 Å². The molecule has 1 fully saturated rings. The molecule has 1 aliphatic heterocycles. The molecule has 5 heteroatoms. The minimum absolute atomic E-state index is 0.0950. The monoisotopic (exact) mass is 350 g/mol. The van der Waals surface area contributed by atoms with Gasteiger partial charge in [0.2, 0.25) is 0 Å². The van der Waals surface area contributed by atoms with Gasteiger partial charge in [0.15, 0.2) is 0 Å². The average molecular weight is 350 g/mol. The first-order valence-corrected chi connectivity index (χ1v) is 10.1. The smallest absolute Gasteiger partial charge is 0.253 e. The molecular formula is C21H26N4O. The van der Waals surface area contributed by atoms with Gasteiger partial charge in [-0.05, 0) is 70.1 Å². The summed E-state index contributed by atoms with van der Waals surface area (Å²) in [5, 5.41) is 6.12. The Labute approximate surface area is 153 Å². The zero-order valence-electron chi connectivity index (χ0n) is 15.3. The van der Waals surface area contributed by atoms with E-state index >= 15 is 0 Å². The molecule has 3 aliphatic rings. The molecule has 0 spiro atoms. The van der Waals surface area contributed by atoms with Gasteiger partial charge in [0, 0.05) is 23.1 Å². The van der Waals surface area contributed by atoms with Crippen molar-refractivity contribution in [1.29, 1.82) is 0 Å². The third-order valence-electron chi connectivity index (χ3n) is 6.10. The second-order valence-electron chi connectivity index (χ2n) is 7.80. The SMILES string of the molecule is O=c1[nH]c2c(c(C3=CC=C3)nn2CCCN2CCCC2)c2c1CCCC2. The number of nitrogens with zero attached hydrogens (tertiary/aromatic N) is 3. The fourth-order valence-corrected chi connectivity index (χ4v) is 4.65. The molecule has 2 aromatic rings. The van der Waals surface area contributed by atoms with E-state index in [-0.39, 0.29) is 5.56 Å². The summed E-state index contributed by atoms with van der Waals surface area (Å²) in [5.74, 6) is 0. The number of pyridine rings is 1. The zero-order valence-corrected chi connectivity index (χ0v) is 15.3. The van der Waals surface area contributed by atoms with Crippen LogP contribution in [-0.2, 0) is 19.4 Å². The van der Waals surface area contributed by atoms with Crippen LogP contribution in [0, 0.1) is 0 Å². The Morgan fingerprint density at radius 1 is 1.04 bits per heavy atom. The van der Waals surface area contributed by atoms with Crippen molar-refractivity contribution in [3.05, 3.63) is 45.4 Å². The maximum atomic E-state index is 12.6. The van der Waals surface area contributed by atoms with E-state index in [1.165, 1.54) is 48.9 Å². The third-order valence-corrected chi connectivity index (χ3v) is 6.10. The number of aromatic amines is 1. The Hall–Kier alpha value is -2.14. The average Bonchev–Trinajstić information content (AvgIpc) is 3.23. The summed E-state index contributed by atoms with van der Waals surface area (Å²) in [4.78, 5) is 18.3. The first-order chi connectivity index (χ1) is 12.8. The van der Waals surface area contributed by atoms with Crippen molar-refractivity contribution in [1.82, 2.24) is 19.7 Å². The van der Waals surface area contributed by atoms with E-state index in [9.17, 15) is 4.79 Å². The number of aryl methyl sites for hydroxylation is 2. The number of nitrogens with one attached hydrogen (secondary N) is 1. The van der Waals surface area contributed by atoms with Crippen LogP contribution in [0.1, 0.15) is 48.9 Å². The van der Waals surface area contributed by atoms with Gasteiger partial charge < -0.3 is 9.88 Å². The van der Waals surface area contributed by atoms with Gasteiger partial charge in [-0.25, -0.2) is 4.68 Å². The van der Waals surface area contributed by atoms with Gasteiger partial charge in [0.1, 0.15) is 11.3 Å².